The van der Waals surface area contributed by atoms with E-state index >= 15 is 0 Å². The maximum Gasteiger partial charge on any atom is 0.276 e. The van der Waals surface area contributed by atoms with Crippen molar-refractivity contribution in [2.75, 3.05) is 25.0 Å². The van der Waals surface area contributed by atoms with Gasteiger partial charge in [0.05, 0.1) is 18.0 Å². The maximum atomic E-state index is 13.3. The van der Waals surface area contributed by atoms with Crippen LogP contribution in [0.25, 0.3) is 5.69 Å². The summed E-state index contributed by atoms with van der Waals surface area (Å²) in [5.74, 6) is -0.610. The van der Waals surface area contributed by atoms with Gasteiger partial charge in [-0.25, -0.2) is 4.68 Å². The Bertz CT molecular complexity index is 1130. The van der Waals surface area contributed by atoms with E-state index in [-0.39, 0.29) is 30.2 Å². The van der Waals surface area contributed by atoms with Gasteiger partial charge in [0.2, 0.25) is 5.91 Å². The van der Waals surface area contributed by atoms with E-state index in [1.165, 1.54) is 4.90 Å². The number of amides is 2. The van der Waals surface area contributed by atoms with Crippen LogP contribution in [0.4, 0.5) is 5.69 Å². The number of hydrogen-bond acceptors (Lipinski definition) is 5. The minimum absolute atomic E-state index is 0.0883. The lowest BCUT2D eigenvalue weighted by molar-refractivity contribution is -0.117. The third kappa shape index (κ3) is 5.46. The van der Waals surface area contributed by atoms with Gasteiger partial charge >= 0.3 is 0 Å². The zero-order chi connectivity index (χ0) is 23.4. The summed E-state index contributed by atoms with van der Waals surface area (Å²) in [6.07, 6.45) is 3.32. The Kier molecular flexibility index (Phi) is 6.84. The minimum atomic E-state index is -0.347. The summed E-state index contributed by atoms with van der Waals surface area (Å²) in [5, 5.41) is 11.1. The van der Waals surface area contributed by atoms with Crippen molar-refractivity contribution in [2.24, 2.45) is 0 Å². The predicted octanol–water partition coefficient (Wildman–Crippen LogP) is 3.45. The van der Waals surface area contributed by atoms with E-state index in [2.05, 4.69) is 15.6 Å². The first kappa shape index (κ1) is 22.7. The zero-order valence-electron chi connectivity index (χ0n) is 19.2. The largest absolute Gasteiger partial charge is 0.376 e. The molecular formula is C25H29N5O3. The van der Waals surface area contributed by atoms with Crippen molar-refractivity contribution < 1.29 is 14.3 Å². The van der Waals surface area contributed by atoms with E-state index in [1.54, 1.807) is 10.9 Å². The molecule has 2 heterocycles. The molecule has 1 aromatic heterocycles. The van der Waals surface area contributed by atoms with Gasteiger partial charge < -0.3 is 15.0 Å². The van der Waals surface area contributed by atoms with Crippen LogP contribution >= 0.6 is 0 Å². The van der Waals surface area contributed by atoms with Crippen LogP contribution in [0.5, 0.6) is 0 Å². The summed E-state index contributed by atoms with van der Waals surface area (Å²) in [5.41, 5.74) is 4.97. The number of nitrogens with one attached hydrogen (secondary N) is 1. The van der Waals surface area contributed by atoms with Crippen LogP contribution in [-0.4, -0.2) is 57.5 Å². The standard InChI is InChI=1S/C25H29N5O3/c1-17-9-11-20(12-10-17)30-15-23(27-28-30)25(32)29(14-21-7-5-13-33-21)16-24(31)26-22-8-4-6-18(2)19(22)3/h4,6,8-12,15,21H,5,7,13-14,16H2,1-3H3,(H,26,31). The molecule has 1 aliphatic rings. The predicted molar refractivity (Wildman–Crippen MR) is 126 cm³/mol. The van der Waals surface area contributed by atoms with E-state index in [0.717, 1.165) is 40.9 Å². The fourth-order valence-electron chi connectivity index (χ4n) is 3.85. The van der Waals surface area contributed by atoms with E-state index in [1.807, 2.05) is 63.2 Å². The summed E-state index contributed by atoms with van der Waals surface area (Å²) in [7, 11) is 0. The highest BCUT2D eigenvalue weighted by Gasteiger charge is 2.27. The molecular weight excluding hydrogens is 418 g/mol. The maximum absolute atomic E-state index is 13.3. The lowest BCUT2D eigenvalue weighted by Gasteiger charge is -2.24. The Morgan fingerprint density at radius 1 is 1.15 bits per heavy atom. The Morgan fingerprint density at radius 2 is 1.94 bits per heavy atom. The highest BCUT2D eigenvalue weighted by molar-refractivity contribution is 5.98. The van der Waals surface area contributed by atoms with E-state index < -0.39 is 0 Å². The molecule has 0 bridgehead atoms. The van der Waals surface area contributed by atoms with E-state index in [0.29, 0.717) is 13.2 Å². The van der Waals surface area contributed by atoms with Crippen molar-refractivity contribution in [1.29, 1.82) is 0 Å². The highest BCUT2D eigenvalue weighted by atomic mass is 16.5. The second kappa shape index (κ2) is 9.95. The molecule has 2 aromatic carbocycles. The van der Waals surface area contributed by atoms with Crippen molar-refractivity contribution in [2.45, 2.75) is 39.7 Å². The molecule has 3 aromatic rings. The molecule has 4 rings (SSSR count). The summed E-state index contributed by atoms with van der Waals surface area (Å²) in [6.45, 7) is 6.87. The lowest BCUT2D eigenvalue weighted by atomic mass is 10.1. The second-order valence-corrected chi connectivity index (χ2v) is 8.50. The zero-order valence-corrected chi connectivity index (χ0v) is 19.2. The third-order valence-corrected chi connectivity index (χ3v) is 5.96. The Balaban J connectivity index is 1.51. The molecule has 172 valence electrons. The van der Waals surface area contributed by atoms with Crippen LogP contribution in [0.15, 0.2) is 48.7 Å². The van der Waals surface area contributed by atoms with Crippen molar-refractivity contribution in [3.63, 3.8) is 0 Å². The number of nitrogens with zero attached hydrogens (tertiary/aromatic N) is 4. The molecule has 0 radical (unpaired) electrons. The number of hydrogen-bond donors (Lipinski definition) is 1. The van der Waals surface area contributed by atoms with Gasteiger partial charge in [-0.2, -0.15) is 0 Å². The number of aromatic nitrogens is 3. The van der Waals surface area contributed by atoms with Crippen LogP contribution in [0.1, 0.15) is 40.0 Å². The van der Waals surface area contributed by atoms with Crippen LogP contribution in [0, 0.1) is 20.8 Å². The fourth-order valence-corrected chi connectivity index (χ4v) is 3.85. The van der Waals surface area contributed by atoms with Crippen LogP contribution in [0.3, 0.4) is 0 Å². The van der Waals surface area contributed by atoms with E-state index in [9.17, 15) is 9.59 Å². The first-order valence-electron chi connectivity index (χ1n) is 11.2. The second-order valence-electron chi connectivity index (χ2n) is 8.50. The van der Waals surface area contributed by atoms with Gasteiger partial charge in [-0.1, -0.05) is 35.0 Å². The van der Waals surface area contributed by atoms with Gasteiger partial charge in [0.15, 0.2) is 5.69 Å². The summed E-state index contributed by atoms with van der Waals surface area (Å²) in [4.78, 5) is 27.7. The van der Waals surface area contributed by atoms with Crippen molar-refractivity contribution in [1.82, 2.24) is 19.9 Å². The average Bonchev–Trinajstić information content (AvgIpc) is 3.49. The molecule has 0 saturated carbocycles. The van der Waals surface area contributed by atoms with Crippen molar-refractivity contribution in [3.05, 3.63) is 71.0 Å². The number of anilines is 1. The molecule has 8 heteroatoms. The number of rotatable bonds is 7. The van der Waals surface area contributed by atoms with Gasteiger partial charge in [0, 0.05) is 18.8 Å². The summed E-state index contributed by atoms with van der Waals surface area (Å²) < 4.78 is 7.29. The SMILES string of the molecule is Cc1ccc(-n2cc(C(=O)N(CC(=O)Nc3cccc(C)c3C)CC3CCCO3)nn2)cc1. The lowest BCUT2D eigenvalue weighted by Crippen LogP contribution is -2.42. The molecule has 2 amide bonds. The number of ether oxygens (including phenoxy) is 1. The summed E-state index contributed by atoms with van der Waals surface area (Å²) in [6, 6.07) is 13.5. The molecule has 1 unspecified atom stereocenters. The number of benzene rings is 2. The quantitative estimate of drug-likeness (QED) is 0.599. The van der Waals surface area contributed by atoms with Crippen molar-refractivity contribution >= 4 is 17.5 Å². The molecule has 33 heavy (non-hydrogen) atoms. The van der Waals surface area contributed by atoms with Crippen LogP contribution in [0.2, 0.25) is 0 Å². The van der Waals surface area contributed by atoms with Crippen LogP contribution in [-0.2, 0) is 9.53 Å². The highest BCUT2D eigenvalue weighted by Crippen LogP contribution is 2.19. The van der Waals surface area contributed by atoms with Gasteiger partial charge in [-0.05, 0) is 62.9 Å². The van der Waals surface area contributed by atoms with Gasteiger partial charge in [-0.15, -0.1) is 5.10 Å². The Morgan fingerprint density at radius 3 is 2.67 bits per heavy atom. The van der Waals surface area contributed by atoms with E-state index in [4.69, 9.17) is 4.74 Å². The Labute approximate surface area is 193 Å². The molecule has 8 nitrogen and oxygen atoms in total. The first-order valence-corrected chi connectivity index (χ1v) is 11.2. The third-order valence-electron chi connectivity index (χ3n) is 5.96. The van der Waals surface area contributed by atoms with Gasteiger partial charge in [-0.3, -0.25) is 9.59 Å². The molecule has 1 fully saturated rings. The molecule has 1 atom stereocenters. The number of carbonyl (C=O) groups excluding carboxylic acids is 2. The van der Waals surface area contributed by atoms with Gasteiger partial charge in [0.25, 0.3) is 5.91 Å². The molecule has 1 aliphatic heterocycles. The monoisotopic (exact) mass is 447 g/mol. The number of aryl methyl sites for hydroxylation is 2. The summed E-state index contributed by atoms with van der Waals surface area (Å²) >= 11 is 0. The van der Waals surface area contributed by atoms with Crippen molar-refractivity contribution in [3.8, 4) is 5.69 Å². The normalized spacial score (nSPS) is 15.4. The Hall–Kier alpha value is -3.52. The smallest absolute Gasteiger partial charge is 0.276 e. The fraction of sp³-hybridized carbons (Fsp3) is 0.360. The average molecular weight is 448 g/mol. The molecule has 1 N–H and O–H groups in total. The minimum Gasteiger partial charge on any atom is -0.376 e. The molecule has 0 aliphatic carbocycles. The van der Waals surface area contributed by atoms with Crippen LogP contribution < -0.4 is 5.32 Å². The first-order chi connectivity index (χ1) is 15.9. The molecule has 0 spiro atoms. The van der Waals surface area contributed by atoms with Gasteiger partial charge in [0.1, 0.15) is 6.54 Å². The number of carbonyl (C=O) groups is 2. The topological polar surface area (TPSA) is 89.4 Å². The molecule has 1 saturated heterocycles.